The Labute approximate surface area is 196 Å². The first kappa shape index (κ1) is 23.4. The van der Waals surface area contributed by atoms with E-state index in [0.29, 0.717) is 17.3 Å². The van der Waals surface area contributed by atoms with Gasteiger partial charge in [-0.25, -0.2) is 8.78 Å². The molecule has 9 heteroatoms. The van der Waals surface area contributed by atoms with E-state index in [1.54, 1.807) is 18.5 Å². The third-order valence-corrected chi connectivity index (χ3v) is 5.91. The number of rotatable bonds is 6. The highest BCUT2D eigenvalue weighted by molar-refractivity contribution is 6.11. The van der Waals surface area contributed by atoms with Gasteiger partial charge in [0.25, 0.3) is 0 Å². The number of piperidine rings is 1. The molecule has 2 aromatic heterocycles. The lowest BCUT2D eigenvalue weighted by Crippen LogP contribution is -2.32. The summed E-state index contributed by atoms with van der Waals surface area (Å²) >= 11 is 0. The van der Waals surface area contributed by atoms with Crippen LogP contribution in [0.3, 0.4) is 0 Å². The second-order valence-electron chi connectivity index (χ2n) is 8.37. The third kappa shape index (κ3) is 5.60. The van der Waals surface area contributed by atoms with E-state index in [2.05, 4.69) is 25.3 Å². The molecule has 1 aromatic carbocycles. The number of hydrogen-bond donors (Lipinski definition) is 2. The van der Waals surface area contributed by atoms with Crippen molar-refractivity contribution in [2.45, 2.75) is 32.2 Å². The van der Waals surface area contributed by atoms with Crippen LogP contribution in [0.1, 0.15) is 48.1 Å². The number of aromatic nitrogens is 2. The zero-order chi connectivity index (χ0) is 24.1. The Bertz CT molecular complexity index is 1190. The van der Waals surface area contributed by atoms with Gasteiger partial charge < -0.3 is 10.5 Å². The minimum Gasteiger partial charge on any atom is -0.410 e. The summed E-state index contributed by atoms with van der Waals surface area (Å²) in [6, 6.07) is 8.89. The second-order valence-corrected chi connectivity index (χ2v) is 8.37. The number of nitrogens with zero attached hydrogens (tertiary/aromatic N) is 4. The maximum absolute atomic E-state index is 13.6. The normalized spacial score (nSPS) is 15.3. The van der Waals surface area contributed by atoms with Crippen molar-refractivity contribution in [1.29, 1.82) is 0 Å². The fourth-order valence-corrected chi connectivity index (χ4v) is 4.19. The number of nitrogens with one attached hydrogen (secondary N) is 1. The van der Waals surface area contributed by atoms with E-state index >= 15 is 0 Å². The van der Waals surface area contributed by atoms with Crippen molar-refractivity contribution in [3.63, 3.8) is 0 Å². The number of pyridine rings is 2. The number of oxime groups is 1. The first-order valence-electron chi connectivity index (χ1n) is 11.0. The van der Waals surface area contributed by atoms with Crippen LogP contribution in [0, 0.1) is 11.6 Å². The number of benzene rings is 1. The Morgan fingerprint density at radius 3 is 2.56 bits per heavy atom. The Morgan fingerprint density at radius 1 is 1.12 bits per heavy atom. The molecule has 1 fully saturated rings. The van der Waals surface area contributed by atoms with Crippen LogP contribution in [0.4, 0.5) is 14.5 Å². The van der Waals surface area contributed by atoms with E-state index in [1.165, 1.54) is 13.0 Å². The molecule has 0 unspecified atom stereocenters. The molecule has 0 bridgehead atoms. The Kier molecular flexibility index (Phi) is 7.22. The molecular weight excluding hydrogens is 440 g/mol. The van der Waals surface area contributed by atoms with Crippen LogP contribution in [0.5, 0.6) is 0 Å². The van der Waals surface area contributed by atoms with Crippen LogP contribution in [0.2, 0.25) is 0 Å². The van der Waals surface area contributed by atoms with Gasteiger partial charge in [-0.05, 0) is 73.3 Å². The molecule has 7 nitrogen and oxygen atoms in total. The molecule has 0 aliphatic carbocycles. The fourth-order valence-electron chi connectivity index (χ4n) is 4.19. The van der Waals surface area contributed by atoms with Crippen molar-refractivity contribution in [2.75, 3.05) is 18.4 Å². The Balaban J connectivity index is 1.36. The monoisotopic (exact) mass is 465 g/mol. The van der Waals surface area contributed by atoms with Gasteiger partial charge in [-0.2, -0.15) is 0 Å². The minimum atomic E-state index is -1.02. The average Bonchev–Trinajstić information content (AvgIpc) is 2.83. The zero-order valence-electron chi connectivity index (χ0n) is 18.7. The molecule has 3 heterocycles. The van der Waals surface area contributed by atoms with Crippen molar-refractivity contribution in [2.24, 2.45) is 5.16 Å². The number of anilines is 1. The van der Waals surface area contributed by atoms with Crippen LogP contribution in [-0.2, 0) is 11.3 Å². The lowest BCUT2D eigenvalue weighted by atomic mass is 9.90. The van der Waals surface area contributed by atoms with Gasteiger partial charge >= 0.3 is 0 Å². The second kappa shape index (κ2) is 10.5. The van der Waals surface area contributed by atoms with E-state index in [-0.39, 0.29) is 17.2 Å². The summed E-state index contributed by atoms with van der Waals surface area (Å²) in [5.41, 5.74) is 3.52. The summed E-state index contributed by atoms with van der Waals surface area (Å²) in [7, 11) is 0. The van der Waals surface area contributed by atoms with Crippen LogP contribution in [0.25, 0.3) is 0 Å². The van der Waals surface area contributed by atoms with Gasteiger partial charge in [0, 0.05) is 31.4 Å². The van der Waals surface area contributed by atoms with Gasteiger partial charge in [0.15, 0.2) is 11.6 Å². The third-order valence-electron chi connectivity index (χ3n) is 5.91. The number of amides is 1. The van der Waals surface area contributed by atoms with E-state index in [0.717, 1.165) is 55.7 Å². The summed E-state index contributed by atoms with van der Waals surface area (Å²) in [4.78, 5) is 22.3. The summed E-state index contributed by atoms with van der Waals surface area (Å²) < 4.78 is 26.8. The molecule has 1 saturated heterocycles. The lowest BCUT2D eigenvalue weighted by Gasteiger charge is -2.32. The van der Waals surface area contributed by atoms with Crippen molar-refractivity contribution < 1.29 is 18.8 Å². The highest BCUT2D eigenvalue weighted by Crippen LogP contribution is 2.29. The van der Waals surface area contributed by atoms with Crippen LogP contribution in [0.15, 0.2) is 60.1 Å². The molecule has 176 valence electrons. The summed E-state index contributed by atoms with van der Waals surface area (Å²) in [5.74, 6) is -1.71. The molecule has 0 atom stereocenters. The SMILES string of the molecule is CC(=O)Nc1cncc(C2CCN(Cc3ccc(C(=NO)c4ccc(F)c(F)c4)nc3)CC2)c1. The first-order chi connectivity index (χ1) is 16.4. The average molecular weight is 466 g/mol. The smallest absolute Gasteiger partial charge is 0.221 e. The predicted molar refractivity (Wildman–Crippen MR) is 124 cm³/mol. The van der Waals surface area contributed by atoms with Crippen molar-refractivity contribution in [3.8, 4) is 0 Å². The van der Waals surface area contributed by atoms with Gasteiger partial charge in [0.1, 0.15) is 5.71 Å². The number of halogens is 2. The highest BCUT2D eigenvalue weighted by atomic mass is 19.2. The molecule has 0 spiro atoms. The van der Waals surface area contributed by atoms with Gasteiger partial charge in [-0.3, -0.25) is 19.7 Å². The van der Waals surface area contributed by atoms with E-state index in [4.69, 9.17) is 0 Å². The molecular formula is C25H25F2N5O2. The number of hydrogen-bond acceptors (Lipinski definition) is 6. The maximum atomic E-state index is 13.6. The molecule has 1 amide bonds. The number of likely N-dealkylation sites (tertiary alicyclic amines) is 1. The van der Waals surface area contributed by atoms with Crippen LogP contribution < -0.4 is 5.32 Å². The Morgan fingerprint density at radius 2 is 1.91 bits per heavy atom. The molecule has 0 saturated carbocycles. The summed E-state index contributed by atoms with van der Waals surface area (Å²) in [6.07, 6.45) is 7.17. The number of carbonyl (C=O) groups excluding carboxylic acids is 1. The van der Waals surface area contributed by atoms with Crippen molar-refractivity contribution >= 4 is 17.3 Å². The summed E-state index contributed by atoms with van der Waals surface area (Å²) in [6.45, 7) is 4.03. The minimum absolute atomic E-state index is 0.0707. The topological polar surface area (TPSA) is 90.7 Å². The van der Waals surface area contributed by atoms with Crippen LogP contribution >= 0.6 is 0 Å². The molecule has 34 heavy (non-hydrogen) atoms. The molecule has 3 aromatic rings. The fraction of sp³-hybridized carbons (Fsp3) is 0.280. The Hall–Kier alpha value is -3.72. The molecule has 1 aliphatic rings. The van der Waals surface area contributed by atoms with E-state index < -0.39 is 11.6 Å². The predicted octanol–water partition coefficient (Wildman–Crippen LogP) is 4.32. The molecule has 4 rings (SSSR count). The van der Waals surface area contributed by atoms with Crippen molar-refractivity contribution in [3.05, 3.63) is 89.0 Å². The van der Waals surface area contributed by atoms with Crippen LogP contribution in [-0.4, -0.2) is 44.8 Å². The highest BCUT2D eigenvalue weighted by Gasteiger charge is 2.21. The molecule has 1 aliphatic heterocycles. The zero-order valence-corrected chi connectivity index (χ0v) is 18.7. The lowest BCUT2D eigenvalue weighted by molar-refractivity contribution is -0.114. The molecule has 2 N–H and O–H groups in total. The van der Waals surface area contributed by atoms with E-state index in [1.807, 2.05) is 18.3 Å². The quantitative estimate of drug-likeness (QED) is 0.322. The first-order valence-corrected chi connectivity index (χ1v) is 11.0. The van der Waals surface area contributed by atoms with Crippen molar-refractivity contribution in [1.82, 2.24) is 14.9 Å². The van der Waals surface area contributed by atoms with Gasteiger partial charge in [0.05, 0.1) is 17.6 Å². The maximum Gasteiger partial charge on any atom is 0.221 e. The summed E-state index contributed by atoms with van der Waals surface area (Å²) in [5, 5.41) is 15.4. The van der Waals surface area contributed by atoms with E-state index in [9.17, 15) is 18.8 Å². The number of carbonyl (C=O) groups is 1. The standard InChI is InChI=1S/C25H25F2N5O2/c1-16(33)30-21-10-20(13-28-14-21)18-6-8-32(9-7-18)15-17-2-5-24(29-12-17)25(31-34)19-3-4-22(26)23(27)11-19/h2-5,10-14,18,34H,6-9,15H2,1H3,(H,30,33). The molecule has 0 radical (unpaired) electrons. The van der Waals surface area contributed by atoms with Gasteiger partial charge in [-0.15, -0.1) is 0 Å². The van der Waals surface area contributed by atoms with Gasteiger partial charge in [0.2, 0.25) is 5.91 Å². The van der Waals surface area contributed by atoms with Gasteiger partial charge in [-0.1, -0.05) is 11.2 Å². The largest absolute Gasteiger partial charge is 0.410 e.